The highest BCUT2D eigenvalue weighted by Gasteiger charge is 2.20. The number of rotatable bonds is 3. The van der Waals surface area contributed by atoms with Crippen LogP contribution in [0.15, 0.2) is 49.1 Å². The monoisotopic (exact) mass is 303 g/mol. The summed E-state index contributed by atoms with van der Waals surface area (Å²) in [4.78, 5) is 10.00. The average Bonchev–Trinajstić information content (AvgIpc) is 3.29. The van der Waals surface area contributed by atoms with Crippen LogP contribution >= 0.6 is 0 Å². The molecule has 4 aromatic rings. The summed E-state index contributed by atoms with van der Waals surface area (Å²) < 4.78 is 1.89. The fourth-order valence-electron chi connectivity index (χ4n) is 3.61. The SMILES string of the molecule is c1ccc2c(c1)[nH]c1cc3c(cc12)CCN3CCn1cncn1. The van der Waals surface area contributed by atoms with Crippen LogP contribution in [0.5, 0.6) is 0 Å². The molecule has 0 spiro atoms. The minimum absolute atomic E-state index is 0.865. The van der Waals surface area contributed by atoms with E-state index in [1.807, 2.05) is 4.68 Å². The first-order valence-corrected chi connectivity index (χ1v) is 7.99. The van der Waals surface area contributed by atoms with Gasteiger partial charge in [-0.05, 0) is 30.2 Å². The lowest BCUT2D eigenvalue weighted by molar-refractivity contribution is 0.601. The van der Waals surface area contributed by atoms with Gasteiger partial charge in [-0.25, -0.2) is 4.98 Å². The van der Waals surface area contributed by atoms with Gasteiger partial charge in [0.1, 0.15) is 12.7 Å². The Labute approximate surface area is 133 Å². The van der Waals surface area contributed by atoms with E-state index in [9.17, 15) is 0 Å². The van der Waals surface area contributed by atoms with Crippen molar-refractivity contribution in [2.24, 2.45) is 0 Å². The highest BCUT2D eigenvalue weighted by molar-refractivity contribution is 6.08. The van der Waals surface area contributed by atoms with Crippen LogP contribution in [-0.4, -0.2) is 32.8 Å². The second kappa shape index (κ2) is 4.84. The smallest absolute Gasteiger partial charge is 0.137 e. The molecular formula is C18H17N5. The number of fused-ring (bicyclic) bond motifs is 4. The molecule has 3 heterocycles. The maximum absolute atomic E-state index is 4.18. The normalized spacial score (nSPS) is 14.0. The zero-order valence-corrected chi connectivity index (χ0v) is 12.7. The van der Waals surface area contributed by atoms with E-state index >= 15 is 0 Å². The largest absolute Gasteiger partial charge is 0.369 e. The van der Waals surface area contributed by atoms with Gasteiger partial charge in [0.15, 0.2) is 0 Å². The summed E-state index contributed by atoms with van der Waals surface area (Å²) in [6.07, 6.45) is 4.48. The lowest BCUT2D eigenvalue weighted by Gasteiger charge is -2.19. The highest BCUT2D eigenvalue weighted by Crippen LogP contribution is 2.35. The molecule has 23 heavy (non-hydrogen) atoms. The Morgan fingerprint density at radius 2 is 2.00 bits per heavy atom. The van der Waals surface area contributed by atoms with Crippen molar-refractivity contribution in [1.82, 2.24) is 19.7 Å². The van der Waals surface area contributed by atoms with Crippen LogP contribution in [0.25, 0.3) is 21.8 Å². The molecule has 1 aliphatic heterocycles. The van der Waals surface area contributed by atoms with Gasteiger partial charge in [0.05, 0.1) is 6.54 Å². The van der Waals surface area contributed by atoms with E-state index in [4.69, 9.17) is 0 Å². The third kappa shape index (κ3) is 2.00. The highest BCUT2D eigenvalue weighted by atomic mass is 15.3. The molecule has 0 saturated carbocycles. The molecule has 5 rings (SSSR count). The standard InChI is InChI=1S/C18H17N5/c1-2-4-16-14(3-1)15-9-13-5-6-22(18(13)10-17(15)21-16)7-8-23-12-19-11-20-23/h1-4,9-12,21H,5-8H2. The molecular weight excluding hydrogens is 286 g/mol. The summed E-state index contributed by atoms with van der Waals surface area (Å²) in [6, 6.07) is 13.2. The topological polar surface area (TPSA) is 49.7 Å². The van der Waals surface area contributed by atoms with E-state index in [1.165, 1.54) is 33.1 Å². The molecule has 0 aliphatic carbocycles. The third-order valence-electron chi connectivity index (χ3n) is 4.76. The Morgan fingerprint density at radius 1 is 1.04 bits per heavy atom. The molecule has 0 unspecified atom stereocenters. The van der Waals surface area contributed by atoms with Gasteiger partial charge in [-0.15, -0.1) is 0 Å². The van der Waals surface area contributed by atoms with Crippen LogP contribution in [0.2, 0.25) is 0 Å². The van der Waals surface area contributed by atoms with Gasteiger partial charge in [0.2, 0.25) is 0 Å². The van der Waals surface area contributed by atoms with Gasteiger partial charge in [0, 0.05) is 40.6 Å². The Balaban J connectivity index is 1.53. The zero-order valence-electron chi connectivity index (χ0n) is 12.7. The quantitative estimate of drug-likeness (QED) is 0.633. The molecule has 0 amide bonds. The minimum atomic E-state index is 0.865. The number of H-pyrrole nitrogens is 1. The fourth-order valence-corrected chi connectivity index (χ4v) is 3.61. The molecule has 1 aliphatic rings. The van der Waals surface area contributed by atoms with E-state index in [0.29, 0.717) is 0 Å². The molecule has 0 saturated heterocycles. The summed E-state index contributed by atoms with van der Waals surface area (Å²) in [6.45, 7) is 2.90. The summed E-state index contributed by atoms with van der Waals surface area (Å²) in [5.41, 5.74) is 5.22. The first kappa shape index (κ1) is 12.7. The molecule has 5 heteroatoms. The van der Waals surface area contributed by atoms with Crippen LogP contribution in [0.4, 0.5) is 5.69 Å². The summed E-state index contributed by atoms with van der Waals surface area (Å²) in [5.74, 6) is 0. The molecule has 0 radical (unpaired) electrons. The summed E-state index contributed by atoms with van der Waals surface area (Å²) in [7, 11) is 0. The van der Waals surface area contributed by atoms with E-state index in [1.54, 1.807) is 12.7 Å². The van der Waals surface area contributed by atoms with Gasteiger partial charge in [0.25, 0.3) is 0 Å². The first-order chi connectivity index (χ1) is 11.4. The van der Waals surface area contributed by atoms with Gasteiger partial charge in [-0.1, -0.05) is 18.2 Å². The Hall–Kier alpha value is -2.82. The number of aromatic amines is 1. The van der Waals surface area contributed by atoms with Gasteiger partial charge in [-0.2, -0.15) is 5.10 Å². The van der Waals surface area contributed by atoms with E-state index in [-0.39, 0.29) is 0 Å². The predicted octanol–water partition coefficient (Wildman–Crippen LogP) is 2.98. The van der Waals surface area contributed by atoms with Crippen LogP contribution in [0, 0.1) is 0 Å². The Bertz CT molecular complexity index is 983. The molecule has 5 nitrogen and oxygen atoms in total. The van der Waals surface area contributed by atoms with Crippen molar-refractivity contribution in [3.8, 4) is 0 Å². The number of hydrogen-bond acceptors (Lipinski definition) is 3. The molecule has 2 aromatic carbocycles. The number of benzene rings is 2. The first-order valence-electron chi connectivity index (χ1n) is 7.99. The van der Waals surface area contributed by atoms with Crippen molar-refractivity contribution in [2.75, 3.05) is 18.0 Å². The van der Waals surface area contributed by atoms with Gasteiger partial charge in [-0.3, -0.25) is 4.68 Å². The van der Waals surface area contributed by atoms with E-state index in [2.05, 4.69) is 56.4 Å². The zero-order chi connectivity index (χ0) is 15.2. The summed E-state index contributed by atoms with van der Waals surface area (Å²) >= 11 is 0. The van der Waals surface area contributed by atoms with Crippen molar-refractivity contribution < 1.29 is 0 Å². The second-order valence-electron chi connectivity index (χ2n) is 6.09. The number of hydrogen-bond donors (Lipinski definition) is 1. The number of anilines is 1. The molecule has 1 N–H and O–H groups in total. The van der Waals surface area contributed by atoms with Crippen LogP contribution < -0.4 is 4.90 Å². The fraction of sp³-hybridized carbons (Fsp3) is 0.222. The van der Waals surface area contributed by atoms with Crippen molar-refractivity contribution in [3.63, 3.8) is 0 Å². The van der Waals surface area contributed by atoms with Crippen molar-refractivity contribution >= 4 is 27.5 Å². The van der Waals surface area contributed by atoms with E-state index in [0.717, 1.165) is 26.1 Å². The van der Waals surface area contributed by atoms with Crippen LogP contribution in [0.1, 0.15) is 5.56 Å². The number of para-hydroxylation sites is 1. The van der Waals surface area contributed by atoms with Gasteiger partial charge >= 0.3 is 0 Å². The maximum Gasteiger partial charge on any atom is 0.137 e. The minimum Gasteiger partial charge on any atom is -0.369 e. The molecule has 0 atom stereocenters. The summed E-state index contributed by atoms with van der Waals surface area (Å²) in [5, 5.41) is 6.83. The second-order valence-corrected chi connectivity index (χ2v) is 6.09. The van der Waals surface area contributed by atoms with Gasteiger partial charge < -0.3 is 9.88 Å². The Kier molecular flexibility index (Phi) is 2.67. The predicted molar refractivity (Wildman–Crippen MR) is 91.7 cm³/mol. The Morgan fingerprint density at radius 3 is 2.91 bits per heavy atom. The van der Waals surface area contributed by atoms with E-state index < -0.39 is 0 Å². The number of nitrogens with one attached hydrogen (secondary N) is 1. The lowest BCUT2D eigenvalue weighted by Crippen LogP contribution is -2.25. The molecule has 2 aromatic heterocycles. The van der Waals surface area contributed by atoms with Crippen molar-refractivity contribution in [2.45, 2.75) is 13.0 Å². The molecule has 114 valence electrons. The molecule has 0 fully saturated rings. The van der Waals surface area contributed by atoms with Crippen molar-refractivity contribution in [1.29, 1.82) is 0 Å². The number of nitrogens with zero attached hydrogens (tertiary/aromatic N) is 4. The lowest BCUT2D eigenvalue weighted by atomic mass is 10.1. The van der Waals surface area contributed by atoms with Crippen LogP contribution in [-0.2, 0) is 13.0 Å². The van der Waals surface area contributed by atoms with Crippen LogP contribution in [0.3, 0.4) is 0 Å². The average molecular weight is 303 g/mol. The van der Waals surface area contributed by atoms with Crippen molar-refractivity contribution in [3.05, 3.63) is 54.6 Å². The number of aromatic nitrogens is 4. The molecule has 0 bridgehead atoms. The maximum atomic E-state index is 4.18. The third-order valence-corrected chi connectivity index (χ3v) is 4.76.